The number of hydrogen-bond donors (Lipinski definition) is 0. The molecule has 0 atom stereocenters. The van der Waals surface area contributed by atoms with E-state index in [0.717, 1.165) is 6.07 Å². The molecule has 1 aromatic carbocycles. The number of aldehydes is 1. The molecule has 72 valence electrons. The number of benzene rings is 1. The van der Waals surface area contributed by atoms with Gasteiger partial charge in [0.15, 0.2) is 0 Å². The molecule has 0 radical (unpaired) electrons. The lowest BCUT2D eigenvalue weighted by atomic mass is 10.1. The molecule has 1 rings (SSSR count). The van der Waals surface area contributed by atoms with Crippen molar-refractivity contribution in [2.24, 2.45) is 0 Å². The first-order chi connectivity index (χ1) is 6.47. The van der Waals surface area contributed by atoms with Gasteiger partial charge in [0.1, 0.15) is 6.29 Å². The fraction of sp³-hybridized carbons (Fsp3) is 0.111. The molecule has 0 aliphatic heterocycles. The number of carbonyl (C=O) groups is 1. The average molecular weight is 199 g/mol. The minimum absolute atomic E-state index is 0.156. The summed E-state index contributed by atoms with van der Waals surface area (Å²) in [7, 11) is 0. The van der Waals surface area contributed by atoms with E-state index in [9.17, 15) is 18.0 Å². The lowest BCUT2D eigenvalue weighted by Gasteiger charge is -2.06. The van der Waals surface area contributed by atoms with Crippen molar-refractivity contribution in [1.82, 2.24) is 0 Å². The molecule has 1 aromatic rings. The topological polar surface area (TPSA) is 40.9 Å². The van der Waals surface area contributed by atoms with Crippen LogP contribution in [0.15, 0.2) is 18.2 Å². The highest BCUT2D eigenvalue weighted by molar-refractivity contribution is 5.76. The van der Waals surface area contributed by atoms with Crippen molar-refractivity contribution < 1.29 is 18.0 Å². The smallest absolute Gasteiger partial charge is 0.298 e. The normalized spacial score (nSPS) is 10.7. The van der Waals surface area contributed by atoms with E-state index >= 15 is 0 Å². The van der Waals surface area contributed by atoms with Crippen LogP contribution < -0.4 is 0 Å². The fourth-order valence-corrected chi connectivity index (χ4v) is 0.948. The zero-order valence-corrected chi connectivity index (χ0v) is 6.80. The van der Waals surface area contributed by atoms with Crippen molar-refractivity contribution in [2.45, 2.75) is 6.18 Å². The molecule has 5 heteroatoms. The molecule has 0 amide bonds. The van der Waals surface area contributed by atoms with Crippen molar-refractivity contribution in [3.05, 3.63) is 34.9 Å². The van der Waals surface area contributed by atoms with Crippen LogP contribution in [0.2, 0.25) is 0 Å². The first-order valence-electron chi connectivity index (χ1n) is 3.55. The third kappa shape index (κ3) is 2.10. The molecule has 0 N–H and O–H groups in total. The summed E-state index contributed by atoms with van der Waals surface area (Å²) in [4.78, 5) is 10.3. The third-order valence-corrected chi connectivity index (χ3v) is 1.55. The van der Waals surface area contributed by atoms with Crippen molar-refractivity contribution in [1.29, 1.82) is 5.26 Å². The predicted molar refractivity (Wildman–Crippen MR) is 41.5 cm³/mol. The Balaban J connectivity index is 3.33. The number of nitriles is 1. The quantitative estimate of drug-likeness (QED) is 0.651. The summed E-state index contributed by atoms with van der Waals surface area (Å²) in [5.74, 6) is 0. The average Bonchev–Trinajstić information content (AvgIpc) is 2.15. The van der Waals surface area contributed by atoms with Gasteiger partial charge in [-0.05, 0) is 18.2 Å². The Morgan fingerprint density at radius 3 is 2.36 bits per heavy atom. The Morgan fingerprint density at radius 2 is 1.93 bits per heavy atom. The minimum atomic E-state index is -4.54. The van der Waals surface area contributed by atoms with Crippen LogP contribution in [0, 0.1) is 11.3 Å². The second-order valence-electron chi connectivity index (χ2n) is 2.57. The Labute approximate surface area is 77.6 Å². The van der Waals surface area contributed by atoms with E-state index in [-0.39, 0.29) is 17.4 Å². The molecular formula is C9H4F3NO. The van der Waals surface area contributed by atoms with Crippen molar-refractivity contribution in [3.8, 4) is 6.07 Å². The van der Waals surface area contributed by atoms with E-state index in [1.165, 1.54) is 0 Å². The molecule has 0 saturated heterocycles. The Morgan fingerprint density at radius 1 is 1.29 bits per heavy atom. The Hall–Kier alpha value is -1.83. The van der Waals surface area contributed by atoms with Crippen molar-refractivity contribution >= 4 is 6.29 Å². The zero-order valence-electron chi connectivity index (χ0n) is 6.80. The lowest BCUT2D eigenvalue weighted by Crippen LogP contribution is -2.06. The molecule has 14 heavy (non-hydrogen) atoms. The summed E-state index contributed by atoms with van der Waals surface area (Å²) < 4.78 is 36.6. The van der Waals surface area contributed by atoms with Gasteiger partial charge in [0.25, 0.3) is 0 Å². The van der Waals surface area contributed by atoms with E-state index in [1.807, 2.05) is 0 Å². The maximum atomic E-state index is 12.2. The van der Waals surface area contributed by atoms with Gasteiger partial charge in [0, 0.05) is 5.56 Å². The van der Waals surface area contributed by atoms with Crippen LogP contribution in [0.1, 0.15) is 21.5 Å². The molecular weight excluding hydrogens is 195 g/mol. The van der Waals surface area contributed by atoms with Gasteiger partial charge < -0.3 is 0 Å². The van der Waals surface area contributed by atoms with Gasteiger partial charge in [0.05, 0.1) is 17.2 Å². The van der Waals surface area contributed by atoms with Crippen LogP contribution >= 0.6 is 0 Å². The third-order valence-electron chi connectivity index (χ3n) is 1.55. The number of rotatable bonds is 1. The SMILES string of the molecule is N#Cc1cc(C=O)cc(C(F)(F)F)c1. The van der Waals surface area contributed by atoms with Gasteiger partial charge in [-0.1, -0.05) is 0 Å². The van der Waals surface area contributed by atoms with Crippen molar-refractivity contribution in [2.75, 3.05) is 0 Å². The molecule has 0 aromatic heterocycles. The molecule has 0 aliphatic rings. The van der Waals surface area contributed by atoms with Gasteiger partial charge in [-0.15, -0.1) is 0 Å². The summed E-state index contributed by atoms with van der Waals surface area (Å²) >= 11 is 0. The Bertz CT molecular complexity index is 403. The summed E-state index contributed by atoms with van der Waals surface area (Å²) in [5.41, 5.74) is -1.32. The molecule has 0 bridgehead atoms. The largest absolute Gasteiger partial charge is 0.416 e. The number of carbonyl (C=O) groups excluding carboxylic acids is 1. The molecule has 0 fully saturated rings. The number of alkyl halides is 3. The van der Waals surface area contributed by atoms with Crippen molar-refractivity contribution in [3.63, 3.8) is 0 Å². The van der Waals surface area contributed by atoms with Crippen LogP contribution in [0.5, 0.6) is 0 Å². The molecule has 0 heterocycles. The summed E-state index contributed by atoms with van der Waals surface area (Å²) in [6.07, 6.45) is -4.26. The molecule has 0 saturated carbocycles. The summed E-state index contributed by atoms with van der Waals surface area (Å²) in [6, 6.07) is 4.06. The minimum Gasteiger partial charge on any atom is -0.298 e. The molecule has 0 aliphatic carbocycles. The predicted octanol–water partition coefficient (Wildman–Crippen LogP) is 2.39. The van der Waals surface area contributed by atoms with Crippen LogP contribution in [-0.2, 0) is 6.18 Å². The van der Waals surface area contributed by atoms with Gasteiger partial charge in [-0.3, -0.25) is 4.79 Å². The number of nitrogens with zero attached hydrogens (tertiary/aromatic N) is 1. The maximum absolute atomic E-state index is 12.2. The van der Waals surface area contributed by atoms with Crippen LogP contribution in [-0.4, -0.2) is 6.29 Å². The first kappa shape index (κ1) is 10.3. The van der Waals surface area contributed by atoms with E-state index in [0.29, 0.717) is 12.1 Å². The van der Waals surface area contributed by atoms with Gasteiger partial charge >= 0.3 is 6.18 Å². The summed E-state index contributed by atoms with van der Waals surface area (Å²) in [6.45, 7) is 0. The number of halogens is 3. The van der Waals surface area contributed by atoms with E-state index < -0.39 is 11.7 Å². The first-order valence-corrected chi connectivity index (χ1v) is 3.55. The highest BCUT2D eigenvalue weighted by Crippen LogP contribution is 2.30. The van der Waals surface area contributed by atoms with E-state index in [2.05, 4.69) is 0 Å². The summed E-state index contributed by atoms with van der Waals surface area (Å²) in [5, 5.41) is 8.41. The van der Waals surface area contributed by atoms with Crippen LogP contribution in [0.4, 0.5) is 13.2 Å². The standard InChI is InChI=1S/C9H4F3NO/c10-9(11,12)8-2-6(4-13)1-7(3-8)5-14/h1-3,5H. The Kier molecular flexibility index (Phi) is 2.56. The van der Waals surface area contributed by atoms with E-state index in [1.54, 1.807) is 6.07 Å². The molecule has 2 nitrogen and oxygen atoms in total. The lowest BCUT2D eigenvalue weighted by molar-refractivity contribution is -0.137. The van der Waals surface area contributed by atoms with E-state index in [4.69, 9.17) is 5.26 Å². The highest BCUT2D eigenvalue weighted by atomic mass is 19.4. The maximum Gasteiger partial charge on any atom is 0.416 e. The highest BCUT2D eigenvalue weighted by Gasteiger charge is 2.31. The second-order valence-corrected chi connectivity index (χ2v) is 2.57. The van der Waals surface area contributed by atoms with Gasteiger partial charge in [-0.25, -0.2) is 0 Å². The number of hydrogen-bond acceptors (Lipinski definition) is 2. The monoisotopic (exact) mass is 199 g/mol. The second kappa shape index (κ2) is 3.50. The van der Waals surface area contributed by atoms with Gasteiger partial charge in [0.2, 0.25) is 0 Å². The fourth-order valence-electron chi connectivity index (χ4n) is 0.948. The van der Waals surface area contributed by atoms with Crippen LogP contribution in [0.25, 0.3) is 0 Å². The molecule has 0 spiro atoms. The zero-order chi connectivity index (χ0) is 10.8. The van der Waals surface area contributed by atoms with Crippen LogP contribution in [0.3, 0.4) is 0 Å². The van der Waals surface area contributed by atoms with Gasteiger partial charge in [-0.2, -0.15) is 18.4 Å². The molecule has 0 unspecified atom stereocenters.